The number of rotatable bonds is 6. The molecule has 4 rings (SSSR count). The van der Waals surface area contributed by atoms with Gasteiger partial charge in [0.15, 0.2) is 5.65 Å². The lowest BCUT2D eigenvalue weighted by molar-refractivity contribution is 0.0731. The third kappa shape index (κ3) is 3.46. The van der Waals surface area contributed by atoms with E-state index in [1.165, 1.54) is 0 Å². The first kappa shape index (κ1) is 18.5. The average molecular weight is 378 g/mol. The lowest BCUT2D eigenvalue weighted by Gasteiger charge is -2.23. The fourth-order valence-corrected chi connectivity index (χ4v) is 3.53. The maximum atomic E-state index is 13.5. The van der Waals surface area contributed by atoms with Crippen LogP contribution in [-0.4, -0.2) is 38.7 Å². The van der Waals surface area contributed by atoms with Crippen molar-refractivity contribution in [3.8, 4) is 5.75 Å². The summed E-state index contributed by atoms with van der Waals surface area (Å²) in [6.07, 6.45) is 3.88. The van der Waals surface area contributed by atoms with Crippen LogP contribution in [0.2, 0.25) is 0 Å². The van der Waals surface area contributed by atoms with Gasteiger partial charge >= 0.3 is 0 Å². The minimum Gasteiger partial charge on any atom is -0.497 e. The number of pyridine rings is 1. The van der Waals surface area contributed by atoms with Gasteiger partial charge in [-0.2, -0.15) is 5.10 Å². The Labute approximate surface area is 165 Å². The molecule has 0 spiro atoms. The molecule has 0 unspecified atom stereocenters. The summed E-state index contributed by atoms with van der Waals surface area (Å²) in [6.45, 7) is 6.66. The van der Waals surface area contributed by atoms with Gasteiger partial charge in [0, 0.05) is 24.3 Å². The second-order valence-corrected chi connectivity index (χ2v) is 7.74. The molecule has 1 aliphatic carbocycles. The summed E-state index contributed by atoms with van der Waals surface area (Å²) in [5, 5.41) is 5.30. The van der Waals surface area contributed by atoms with Gasteiger partial charge in [0.05, 0.1) is 24.3 Å². The molecule has 0 saturated heterocycles. The molecule has 3 aromatic rings. The van der Waals surface area contributed by atoms with Gasteiger partial charge in [-0.25, -0.2) is 9.67 Å². The number of benzene rings is 1. The van der Waals surface area contributed by atoms with Crippen molar-refractivity contribution in [2.24, 2.45) is 0 Å². The molecule has 2 aromatic heterocycles. The van der Waals surface area contributed by atoms with Crippen molar-refractivity contribution in [1.29, 1.82) is 0 Å². The Balaban J connectivity index is 1.69. The number of carbonyl (C=O) groups is 1. The van der Waals surface area contributed by atoms with Gasteiger partial charge in [0.25, 0.3) is 5.91 Å². The lowest BCUT2D eigenvalue weighted by Crippen LogP contribution is -2.32. The molecule has 146 valence electrons. The van der Waals surface area contributed by atoms with E-state index in [-0.39, 0.29) is 11.9 Å². The van der Waals surface area contributed by atoms with Crippen LogP contribution in [0.1, 0.15) is 54.3 Å². The zero-order valence-corrected chi connectivity index (χ0v) is 16.8. The smallest absolute Gasteiger partial charge is 0.255 e. The zero-order valence-electron chi connectivity index (χ0n) is 16.8. The summed E-state index contributed by atoms with van der Waals surface area (Å²) >= 11 is 0. The second kappa shape index (κ2) is 7.26. The summed E-state index contributed by atoms with van der Waals surface area (Å²) in [4.78, 5) is 20.2. The predicted molar refractivity (Wildman–Crippen MR) is 109 cm³/mol. The first-order valence-corrected chi connectivity index (χ1v) is 9.76. The van der Waals surface area contributed by atoms with E-state index in [0.717, 1.165) is 40.9 Å². The maximum absolute atomic E-state index is 13.5. The minimum atomic E-state index is 0.0529. The van der Waals surface area contributed by atoms with Crippen LogP contribution in [-0.2, 0) is 6.54 Å². The fraction of sp³-hybridized carbons (Fsp3) is 0.409. The molecule has 0 N–H and O–H groups in total. The summed E-state index contributed by atoms with van der Waals surface area (Å²) in [6, 6.07) is 10.3. The van der Waals surface area contributed by atoms with Crippen LogP contribution in [0.25, 0.3) is 11.0 Å². The number of ether oxygens (including phenoxy) is 1. The molecule has 28 heavy (non-hydrogen) atoms. The fourth-order valence-electron chi connectivity index (χ4n) is 3.53. The molecule has 0 aliphatic heterocycles. The second-order valence-electron chi connectivity index (χ2n) is 7.74. The Hall–Kier alpha value is -2.89. The quantitative estimate of drug-likeness (QED) is 0.647. The van der Waals surface area contributed by atoms with Gasteiger partial charge in [-0.3, -0.25) is 4.79 Å². The van der Waals surface area contributed by atoms with Gasteiger partial charge in [0.1, 0.15) is 5.75 Å². The van der Waals surface area contributed by atoms with Crippen molar-refractivity contribution in [2.45, 2.75) is 52.2 Å². The number of amides is 1. The number of methoxy groups -OCH3 is 1. The van der Waals surface area contributed by atoms with Crippen LogP contribution in [0.15, 0.2) is 36.5 Å². The summed E-state index contributed by atoms with van der Waals surface area (Å²) in [7, 11) is 1.66. The molecule has 1 saturated carbocycles. The Morgan fingerprint density at radius 3 is 2.61 bits per heavy atom. The van der Waals surface area contributed by atoms with Crippen molar-refractivity contribution in [1.82, 2.24) is 19.7 Å². The van der Waals surface area contributed by atoms with Crippen LogP contribution in [0.3, 0.4) is 0 Å². The summed E-state index contributed by atoms with van der Waals surface area (Å²) in [5.41, 5.74) is 3.40. The molecular formula is C22H26N4O2. The van der Waals surface area contributed by atoms with Gasteiger partial charge in [-0.15, -0.1) is 0 Å². The first-order valence-electron chi connectivity index (χ1n) is 9.76. The third-order valence-electron chi connectivity index (χ3n) is 5.17. The number of hydrogen-bond acceptors (Lipinski definition) is 4. The molecule has 0 atom stereocenters. The Bertz CT molecular complexity index is 1000. The monoisotopic (exact) mass is 378 g/mol. The largest absolute Gasteiger partial charge is 0.497 e. The zero-order chi connectivity index (χ0) is 19.8. The highest BCUT2D eigenvalue weighted by Gasteiger charge is 2.34. The highest BCUT2D eigenvalue weighted by Crippen LogP contribution is 2.32. The van der Waals surface area contributed by atoms with E-state index in [0.29, 0.717) is 18.2 Å². The Morgan fingerprint density at radius 1 is 1.29 bits per heavy atom. The van der Waals surface area contributed by atoms with E-state index >= 15 is 0 Å². The number of fused-ring (bicyclic) bond motifs is 1. The van der Waals surface area contributed by atoms with Crippen LogP contribution in [0, 0.1) is 6.92 Å². The van der Waals surface area contributed by atoms with Crippen molar-refractivity contribution in [3.63, 3.8) is 0 Å². The molecule has 6 nitrogen and oxygen atoms in total. The van der Waals surface area contributed by atoms with E-state index in [1.54, 1.807) is 13.3 Å². The van der Waals surface area contributed by atoms with Crippen molar-refractivity contribution < 1.29 is 9.53 Å². The number of nitrogens with zero attached hydrogens (tertiary/aromatic N) is 4. The highest BCUT2D eigenvalue weighted by molar-refractivity contribution is 6.05. The average Bonchev–Trinajstić information content (AvgIpc) is 3.44. The van der Waals surface area contributed by atoms with Crippen LogP contribution in [0.4, 0.5) is 0 Å². The normalized spacial score (nSPS) is 13.9. The Kier molecular flexibility index (Phi) is 4.79. The molecule has 1 amide bonds. The van der Waals surface area contributed by atoms with Crippen molar-refractivity contribution in [3.05, 3.63) is 53.3 Å². The van der Waals surface area contributed by atoms with E-state index < -0.39 is 0 Å². The van der Waals surface area contributed by atoms with Gasteiger partial charge < -0.3 is 9.64 Å². The standard InChI is InChI=1S/C22H26N4O2/c1-14(2)26-21-20(12-23-26)19(11-15(3)24-21)22(27)25(17-7-8-17)13-16-5-9-18(28-4)10-6-16/h5-6,9-12,14,17H,7-8,13H2,1-4H3. The SMILES string of the molecule is COc1ccc(CN(C(=O)c2cc(C)nc3c2cnn3C(C)C)C2CC2)cc1. The number of aromatic nitrogens is 3. The van der Waals surface area contributed by atoms with Crippen LogP contribution in [0.5, 0.6) is 5.75 Å². The predicted octanol–water partition coefficient (Wildman–Crippen LogP) is 4.13. The van der Waals surface area contributed by atoms with E-state index in [2.05, 4.69) is 23.9 Å². The summed E-state index contributed by atoms with van der Waals surface area (Å²) in [5.74, 6) is 0.873. The number of carbonyl (C=O) groups excluding carboxylic acids is 1. The van der Waals surface area contributed by atoms with Crippen molar-refractivity contribution >= 4 is 16.9 Å². The third-order valence-corrected chi connectivity index (χ3v) is 5.17. The first-order chi connectivity index (χ1) is 13.5. The Morgan fingerprint density at radius 2 is 2.00 bits per heavy atom. The topological polar surface area (TPSA) is 60.2 Å². The van der Waals surface area contributed by atoms with Gasteiger partial charge in [-0.05, 0) is 57.4 Å². The molecular weight excluding hydrogens is 352 g/mol. The molecule has 1 aromatic carbocycles. The van der Waals surface area contributed by atoms with Gasteiger partial charge in [0.2, 0.25) is 0 Å². The molecule has 0 radical (unpaired) electrons. The number of aryl methyl sites for hydroxylation is 1. The highest BCUT2D eigenvalue weighted by atomic mass is 16.5. The van der Waals surface area contributed by atoms with Crippen molar-refractivity contribution in [2.75, 3.05) is 7.11 Å². The molecule has 2 heterocycles. The van der Waals surface area contributed by atoms with Gasteiger partial charge in [-0.1, -0.05) is 12.1 Å². The lowest BCUT2D eigenvalue weighted by atomic mass is 10.1. The van der Waals surface area contributed by atoms with E-state index in [1.807, 2.05) is 46.8 Å². The van der Waals surface area contributed by atoms with E-state index in [9.17, 15) is 4.79 Å². The summed E-state index contributed by atoms with van der Waals surface area (Å²) < 4.78 is 7.12. The molecule has 1 fully saturated rings. The van der Waals surface area contributed by atoms with Crippen LogP contribution < -0.4 is 4.74 Å². The van der Waals surface area contributed by atoms with E-state index in [4.69, 9.17) is 4.74 Å². The van der Waals surface area contributed by atoms with Crippen LogP contribution >= 0.6 is 0 Å². The minimum absolute atomic E-state index is 0.0529. The molecule has 1 aliphatic rings. The molecule has 0 bridgehead atoms. The molecule has 6 heteroatoms. The maximum Gasteiger partial charge on any atom is 0.255 e. The number of hydrogen-bond donors (Lipinski definition) is 0.